The molecule has 13 nitrogen and oxygen atoms in total. The van der Waals surface area contributed by atoms with E-state index in [0.29, 0.717) is 82.9 Å². The Kier molecular flexibility index (Phi) is 12.1. The van der Waals surface area contributed by atoms with Gasteiger partial charge in [0.05, 0.1) is 42.7 Å². The summed E-state index contributed by atoms with van der Waals surface area (Å²) < 4.78 is 11.3. The van der Waals surface area contributed by atoms with Gasteiger partial charge in [0.2, 0.25) is 0 Å². The number of benzene rings is 7. The van der Waals surface area contributed by atoms with Gasteiger partial charge in [-0.2, -0.15) is 20.5 Å². The molecule has 0 bridgehead atoms. The number of ether oxygens (including phenoxy) is 2. The van der Waals surface area contributed by atoms with Gasteiger partial charge in [0.25, 0.3) is 0 Å². The van der Waals surface area contributed by atoms with E-state index in [9.17, 15) is 10.2 Å². The third-order valence-corrected chi connectivity index (χ3v) is 10.2. The van der Waals surface area contributed by atoms with E-state index in [2.05, 4.69) is 84.1 Å². The van der Waals surface area contributed by atoms with Crippen LogP contribution < -0.4 is 14.8 Å². The Labute approximate surface area is 355 Å². The molecule has 16 heteroatoms. The zero-order valence-corrected chi connectivity index (χ0v) is 35.1. The van der Waals surface area contributed by atoms with Crippen LogP contribution in [0, 0.1) is 13.8 Å². The maximum atomic E-state index is 11.4. The van der Waals surface area contributed by atoms with Gasteiger partial charge in [-0.15, -0.1) is 58.3 Å². The molecule has 0 spiro atoms. The monoisotopic (exact) mass is 839 g/mol. The molecule has 0 aliphatic rings. The highest BCUT2D eigenvalue weighted by atomic mass is 32.1. The van der Waals surface area contributed by atoms with Gasteiger partial charge in [0, 0.05) is 50.0 Å². The SMILES string of the molecule is CNc1ccc2c(O)c(N=Nc3cc(C)c(N=Nc4cc(C)c(N=Nc5ccc6cc(S)cc(O)c6c5)cc4OC)cc3OC)c(S)cc2c1N=Nc1cccc(S)c1. The van der Waals surface area contributed by atoms with E-state index in [1.807, 2.05) is 56.3 Å². The second-order valence-electron chi connectivity index (χ2n) is 13.2. The van der Waals surface area contributed by atoms with E-state index >= 15 is 0 Å². The highest BCUT2D eigenvalue weighted by Gasteiger charge is 2.17. The molecule has 3 N–H and O–H groups in total. The maximum Gasteiger partial charge on any atom is 0.152 e. The summed E-state index contributed by atoms with van der Waals surface area (Å²) in [5.41, 5.74) is 6.13. The van der Waals surface area contributed by atoms with Crippen LogP contribution in [0.15, 0.2) is 153 Å². The standard InChI is InChI=1S/C43H37N9O4S3/c1-22-13-35(38(55-4)20-33(22)47-45-26-10-9-24-15-28(58)18-37(53)30(24)17-26)49-48-34-21-39(56-5)36(14-23(34)2)50-52-42-40(59)19-31-29(43(42)54)11-12-32(44-3)41(31)51-46-25-7-6-8-27(57)16-25/h6-21,44,53-54,57-59H,1-5H3. The number of phenolic OH excluding ortho intramolecular Hbond substituents is 2. The van der Waals surface area contributed by atoms with Crippen LogP contribution >= 0.6 is 37.9 Å². The largest absolute Gasteiger partial charge is 0.507 e. The first-order chi connectivity index (χ1) is 28.5. The van der Waals surface area contributed by atoms with Gasteiger partial charge in [0.15, 0.2) is 5.75 Å². The molecule has 59 heavy (non-hydrogen) atoms. The lowest BCUT2D eigenvalue weighted by molar-refractivity contribution is 0.415. The predicted octanol–water partition coefficient (Wildman–Crippen LogP) is 14.6. The van der Waals surface area contributed by atoms with E-state index in [-0.39, 0.29) is 17.2 Å². The van der Waals surface area contributed by atoms with Crippen molar-refractivity contribution in [2.45, 2.75) is 28.5 Å². The minimum atomic E-state index is -0.118. The fourth-order valence-corrected chi connectivity index (χ4v) is 6.96. The summed E-state index contributed by atoms with van der Waals surface area (Å²) in [6, 6.07) is 28.6. The molecule has 0 aliphatic carbocycles. The molecule has 0 saturated heterocycles. The molecule has 0 radical (unpaired) electrons. The number of anilines is 1. The summed E-state index contributed by atoms with van der Waals surface area (Å²) in [5.74, 6) is 0.826. The summed E-state index contributed by atoms with van der Waals surface area (Å²) in [5, 5.41) is 63.2. The lowest BCUT2D eigenvalue weighted by atomic mass is 10.1. The minimum Gasteiger partial charge on any atom is -0.507 e. The van der Waals surface area contributed by atoms with Gasteiger partial charge >= 0.3 is 0 Å². The smallest absolute Gasteiger partial charge is 0.152 e. The van der Waals surface area contributed by atoms with Crippen LogP contribution in [0.3, 0.4) is 0 Å². The highest BCUT2D eigenvalue weighted by molar-refractivity contribution is 7.80. The molecule has 0 aromatic heterocycles. The third-order valence-electron chi connectivity index (χ3n) is 9.28. The topological polar surface area (TPSA) is 170 Å². The number of fused-ring (bicyclic) bond motifs is 2. The first-order valence-corrected chi connectivity index (χ1v) is 19.3. The number of azo groups is 4. The second kappa shape index (κ2) is 17.6. The van der Waals surface area contributed by atoms with Crippen molar-refractivity contribution in [1.29, 1.82) is 0 Å². The molecule has 7 aromatic rings. The molecule has 7 rings (SSSR count). The van der Waals surface area contributed by atoms with Crippen LogP contribution in [0.1, 0.15) is 11.1 Å². The van der Waals surface area contributed by atoms with Crippen LogP contribution in [0.25, 0.3) is 21.5 Å². The molecule has 0 fully saturated rings. The summed E-state index contributed by atoms with van der Waals surface area (Å²) in [4.78, 5) is 1.81. The lowest BCUT2D eigenvalue weighted by Gasteiger charge is -2.12. The van der Waals surface area contributed by atoms with Crippen LogP contribution in [0.5, 0.6) is 23.0 Å². The Balaban J connectivity index is 1.14. The van der Waals surface area contributed by atoms with E-state index in [4.69, 9.17) is 9.47 Å². The number of methoxy groups -OCH3 is 2. The molecule has 0 amide bonds. The number of hydrogen-bond donors (Lipinski definition) is 6. The zero-order chi connectivity index (χ0) is 41.8. The molecule has 0 atom stereocenters. The van der Waals surface area contributed by atoms with Crippen molar-refractivity contribution in [1.82, 2.24) is 0 Å². The zero-order valence-electron chi connectivity index (χ0n) is 32.4. The molecule has 0 heterocycles. The van der Waals surface area contributed by atoms with Gasteiger partial charge < -0.3 is 25.0 Å². The van der Waals surface area contributed by atoms with Crippen molar-refractivity contribution >= 4 is 111 Å². The van der Waals surface area contributed by atoms with Gasteiger partial charge in [-0.3, -0.25) is 0 Å². The molecule has 0 aliphatic heterocycles. The molecule has 0 unspecified atom stereocenters. The average molecular weight is 840 g/mol. The number of nitrogens with one attached hydrogen (secondary N) is 1. The number of rotatable bonds is 11. The summed E-state index contributed by atoms with van der Waals surface area (Å²) >= 11 is 13.4. The number of aryl methyl sites for hydroxylation is 2. The van der Waals surface area contributed by atoms with Crippen molar-refractivity contribution < 1.29 is 19.7 Å². The summed E-state index contributed by atoms with van der Waals surface area (Å²) in [7, 11) is 4.84. The lowest BCUT2D eigenvalue weighted by Crippen LogP contribution is -1.90. The van der Waals surface area contributed by atoms with Crippen molar-refractivity contribution in [2.24, 2.45) is 40.9 Å². The van der Waals surface area contributed by atoms with Crippen molar-refractivity contribution in [3.05, 3.63) is 108 Å². The van der Waals surface area contributed by atoms with E-state index in [1.54, 1.807) is 61.6 Å². The molecular formula is C43H37N9O4S3. The Bertz CT molecular complexity index is 2900. The normalized spacial score (nSPS) is 11.9. The first kappa shape index (κ1) is 40.7. The number of thiol groups is 3. The second-order valence-corrected chi connectivity index (χ2v) is 14.7. The quantitative estimate of drug-likeness (QED) is 0.0562. The molecule has 7 aromatic carbocycles. The number of nitrogens with zero attached hydrogens (tertiary/aromatic N) is 8. The van der Waals surface area contributed by atoms with E-state index in [1.165, 1.54) is 14.2 Å². The fourth-order valence-electron chi connectivity index (χ4n) is 6.20. The fraction of sp³-hybridized carbons (Fsp3) is 0.116. The number of phenols is 2. The Morgan fingerprint density at radius 2 is 1.14 bits per heavy atom. The van der Waals surface area contributed by atoms with Gasteiger partial charge in [-0.25, -0.2) is 0 Å². The Morgan fingerprint density at radius 1 is 0.525 bits per heavy atom. The van der Waals surface area contributed by atoms with Gasteiger partial charge in [-0.05, 0) is 103 Å². The number of aromatic hydroxyl groups is 2. The van der Waals surface area contributed by atoms with Crippen molar-refractivity contribution in [2.75, 3.05) is 26.6 Å². The maximum absolute atomic E-state index is 11.4. The van der Waals surface area contributed by atoms with Crippen molar-refractivity contribution in [3.8, 4) is 23.0 Å². The molecule has 0 saturated carbocycles. The van der Waals surface area contributed by atoms with E-state index in [0.717, 1.165) is 21.4 Å². The van der Waals surface area contributed by atoms with Crippen LogP contribution in [-0.4, -0.2) is 31.5 Å². The summed E-state index contributed by atoms with van der Waals surface area (Å²) in [6.45, 7) is 3.75. The third kappa shape index (κ3) is 8.84. The van der Waals surface area contributed by atoms with E-state index < -0.39 is 0 Å². The molecular weight excluding hydrogens is 803 g/mol. The summed E-state index contributed by atoms with van der Waals surface area (Å²) in [6.07, 6.45) is 0. The Hall–Kier alpha value is -6.49. The van der Waals surface area contributed by atoms with Gasteiger partial charge in [-0.1, -0.05) is 12.1 Å². The first-order valence-electron chi connectivity index (χ1n) is 17.9. The van der Waals surface area contributed by atoms with Crippen LogP contribution in [0.2, 0.25) is 0 Å². The number of hydrogen-bond acceptors (Lipinski definition) is 16. The van der Waals surface area contributed by atoms with Crippen LogP contribution in [-0.2, 0) is 0 Å². The van der Waals surface area contributed by atoms with Crippen molar-refractivity contribution in [3.63, 3.8) is 0 Å². The average Bonchev–Trinajstić information content (AvgIpc) is 3.22. The van der Waals surface area contributed by atoms with Gasteiger partial charge in [0.1, 0.15) is 40.0 Å². The predicted molar refractivity (Wildman–Crippen MR) is 241 cm³/mol. The molecule has 296 valence electrons. The van der Waals surface area contributed by atoms with Crippen LogP contribution in [0.4, 0.5) is 51.2 Å². The Morgan fingerprint density at radius 3 is 1.80 bits per heavy atom. The minimum absolute atomic E-state index is 0.118. The highest BCUT2D eigenvalue weighted by Crippen LogP contribution is 2.47.